The number of halogens is 1. The second-order valence-electron chi connectivity index (χ2n) is 6.76. The maximum absolute atomic E-state index is 12.9. The molecule has 0 aliphatic rings. The van der Waals surface area contributed by atoms with Crippen LogP contribution in [0.2, 0.25) is 39.3 Å². The monoisotopic (exact) mass is 370 g/mol. The molecule has 0 aliphatic heterocycles. The average molecular weight is 372 g/mol. The Balaban J connectivity index is -0.00000128. The Bertz CT molecular complexity index is 323. The van der Waals surface area contributed by atoms with Crippen molar-refractivity contribution < 1.29 is 22.1 Å². The fourth-order valence-electron chi connectivity index (χ4n) is 1.41. The first-order valence-electron chi connectivity index (χ1n) is 6.37. The summed E-state index contributed by atoms with van der Waals surface area (Å²) in [5.41, 5.74) is 3.28. The topological polar surface area (TPSA) is 23.1 Å². The Kier molecular flexibility index (Phi) is 12.9. The van der Waals surface area contributed by atoms with Crippen molar-refractivity contribution in [3.63, 3.8) is 0 Å². The van der Waals surface area contributed by atoms with E-state index in [9.17, 15) is 5.11 Å². The molecule has 0 aromatic rings. The first-order valence-corrected chi connectivity index (χ1v) is 13.4. The number of hydrogen-bond donors (Lipinski definition) is 0. The molecule has 0 aromatic heterocycles. The molecule has 0 fully saturated rings. The number of unbranched alkanes of at least 4 members (excludes halogenated alkanes) is 1. The molecule has 0 amide bonds. The maximum Gasteiger partial charge on any atom is 2.00 e. The largest absolute Gasteiger partial charge is 2.00 e. The van der Waals surface area contributed by atoms with Crippen molar-refractivity contribution in [1.29, 1.82) is 0 Å². The number of hydrogen-bond acceptors (Lipinski definition) is 1. The Labute approximate surface area is 148 Å². The van der Waals surface area contributed by atoms with Gasteiger partial charge >= 0.3 is 23.1 Å². The molecule has 106 valence electrons. The van der Waals surface area contributed by atoms with Crippen LogP contribution in [0.5, 0.6) is 0 Å². The molecular formula is C14H27BrMgOSi2. The third kappa shape index (κ3) is 10.3. The van der Waals surface area contributed by atoms with Gasteiger partial charge in [-0.05, 0) is 12.8 Å². The van der Waals surface area contributed by atoms with Gasteiger partial charge in [0.25, 0.3) is 0 Å². The predicted molar refractivity (Wildman–Crippen MR) is 87.0 cm³/mol. The number of allylic oxidation sites excluding steroid dienone is 1. The molecule has 0 spiro atoms. The maximum atomic E-state index is 12.9. The van der Waals surface area contributed by atoms with Crippen LogP contribution in [0.15, 0.2) is 12.7 Å². The normalized spacial score (nSPS) is 14.1. The molecule has 1 atom stereocenters. The molecule has 1 nitrogen and oxygen atoms in total. The van der Waals surface area contributed by atoms with Gasteiger partial charge in [-0.25, -0.2) is 0 Å². The van der Waals surface area contributed by atoms with E-state index in [-0.39, 0.29) is 40.0 Å². The molecule has 0 heterocycles. The smallest absolute Gasteiger partial charge is 1.00 e. The molecule has 0 bridgehead atoms. The summed E-state index contributed by atoms with van der Waals surface area (Å²) in [6.07, 6.45) is 4.39. The summed E-state index contributed by atoms with van der Waals surface area (Å²) < 4.78 is 0. The summed E-state index contributed by atoms with van der Waals surface area (Å²) in [5, 5.41) is 11.9. The summed E-state index contributed by atoms with van der Waals surface area (Å²) in [4.78, 5) is 0. The quantitative estimate of drug-likeness (QED) is 0.285. The summed E-state index contributed by atoms with van der Waals surface area (Å²) >= 11 is 0. The van der Waals surface area contributed by atoms with Crippen molar-refractivity contribution in [2.24, 2.45) is 0 Å². The zero-order valence-corrected chi connectivity index (χ0v) is 18.4. The van der Waals surface area contributed by atoms with Gasteiger partial charge in [0, 0.05) is 8.07 Å². The molecule has 0 aliphatic carbocycles. The first kappa shape index (κ1) is 24.9. The van der Waals surface area contributed by atoms with E-state index in [0.717, 1.165) is 12.8 Å². The molecule has 5 heteroatoms. The summed E-state index contributed by atoms with van der Waals surface area (Å²) in [5.74, 6) is 3.12. The number of rotatable bonds is 5. The molecule has 0 N–H and O–H groups in total. The Hall–Kier alpha value is 0.940. The van der Waals surface area contributed by atoms with Gasteiger partial charge in [0.05, 0.1) is 0 Å². The minimum Gasteiger partial charge on any atom is -1.00 e. The summed E-state index contributed by atoms with van der Waals surface area (Å²) in [6.45, 7) is 16.7. The van der Waals surface area contributed by atoms with E-state index in [1.807, 2.05) is 6.08 Å². The van der Waals surface area contributed by atoms with E-state index >= 15 is 0 Å². The van der Waals surface area contributed by atoms with Crippen LogP contribution in [-0.2, 0) is 0 Å². The second-order valence-corrected chi connectivity index (χ2v) is 16.8. The van der Waals surface area contributed by atoms with E-state index < -0.39 is 21.4 Å². The van der Waals surface area contributed by atoms with Gasteiger partial charge in [-0.3, -0.25) is 0 Å². The van der Waals surface area contributed by atoms with E-state index in [1.165, 1.54) is 0 Å². The van der Waals surface area contributed by atoms with E-state index in [4.69, 9.17) is 0 Å². The van der Waals surface area contributed by atoms with Crippen molar-refractivity contribution in [3.05, 3.63) is 12.7 Å². The zero-order valence-electron chi connectivity index (χ0n) is 13.4. The minimum absolute atomic E-state index is 0. The first-order chi connectivity index (χ1) is 7.52. The zero-order chi connectivity index (χ0) is 13.7. The Morgan fingerprint density at radius 1 is 1.16 bits per heavy atom. The van der Waals surface area contributed by atoms with Gasteiger partial charge in [0.15, 0.2) is 0 Å². The third-order valence-corrected chi connectivity index (χ3v) is 6.46. The third-order valence-electron chi connectivity index (χ3n) is 2.79. The van der Waals surface area contributed by atoms with Crippen LogP contribution in [0.1, 0.15) is 19.3 Å². The van der Waals surface area contributed by atoms with Gasteiger partial charge in [-0.15, -0.1) is 18.0 Å². The van der Waals surface area contributed by atoms with Crippen molar-refractivity contribution in [2.75, 3.05) is 0 Å². The summed E-state index contributed by atoms with van der Waals surface area (Å²) in [7, 11) is -3.25. The van der Waals surface area contributed by atoms with Crippen LogP contribution < -0.4 is 22.1 Å². The van der Waals surface area contributed by atoms with Crippen molar-refractivity contribution >= 4 is 39.2 Å². The van der Waals surface area contributed by atoms with Crippen LogP contribution in [-0.4, -0.2) is 44.4 Å². The molecule has 0 saturated heterocycles. The standard InChI is InChI=1S/C14H27OSi2.BrH.Mg/c1-8-9-10-11-14(15,17(5,6)7)12-13-16(2,3)4;;/h8H,1,9-11H2,2-7H3;1H;/q-1;;+2/p-1. The van der Waals surface area contributed by atoms with E-state index in [2.05, 4.69) is 57.3 Å². The molecule has 0 saturated carbocycles. The second kappa shape index (κ2) is 9.80. The molecular weight excluding hydrogens is 345 g/mol. The van der Waals surface area contributed by atoms with E-state index in [1.54, 1.807) is 0 Å². The van der Waals surface area contributed by atoms with Crippen LogP contribution in [0.4, 0.5) is 0 Å². The van der Waals surface area contributed by atoms with Gasteiger partial charge in [-0.2, -0.15) is 0 Å². The summed E-state index contributed by atoms with van der Waals surface area (Å²) in [6, 6.07) is 0. The molecule has 19 heavy (non-hydrogen) atoms. The fourth-order valence-corrected chi connectivity index (χ4v) is 3.48. The molecule has 0 radical (unpaired) electrons. The Morgan fingerprint density at radius 2 is 1.63 bits per heavy atom. The van der Waals surface area contributed by atoms with E-state index in [0.29, 0.717) is 6.42 Å². The van der Waals surface area contributed by atoms with Crippen molar-refractivity contribution in [1.82, 2.24) is 0 Å². The fraction of sp³-hybridized carbons (Fsp3) is 0.714. The van der Waals surface area contributed by atoms with Gasteiger partial charge in [0.2, 0.25) is 0 Å². The molecule has 1 unspecified atom stereocenters. The SMILES string of the molecule is C=CCCCC([O-])(C#C[Si](C)(C)C)[Si](C)(C)C.[Br-].[Mg+2]. The predicted octanol–water partition coefficient (Wildman–Crippen LogP) is -0.177. The average Bonchev–Trinajstić information content (AvgIpc) is 2.12. The van der Waals surface area contributed by atoms with Gasteiger partial charge in [0.1, 0.15) is 8.07 Å². The Morgan fingerprint density at radius 3 is 1.95 bits per heavy atom. The van der Waals surface area contributed by atoms with Crippen molar-refractivity contribution in [2.45, 2.75) is 63.8 Å². The van der Waals surface area contributed by atoms with Crippen molar-refractivity contribution in [3.8, 4) is 11.5 Å². The molecule has 0 rings (SSSR count). The van der Waals surface area contributed by atoms with Crippen LogP contribution in [0.25, 0.3) is 0 Å². The molecule has 0 aromatic carbocycles. The van der Waals surface area contributed by atoms with Crippen LogP contribution in [0, 0.1) is 11.5 Å². The van der Waals surface area contributed by atoms with Crippen LogP contribution >= 0.6 is 0 Å². The van der Waals surface area contributed by atoms with Crippen LogP contribution in [0.3, 0.4) is 0 Å². The van der Waals surface area contributed by atoms with Gasteiger partial charge in [-0.1, -0.05) is 57.0 Å². The minimum atomic E-state index is -1.80. The van der Waals surface area contributed by atoms with Gasteiger partial charge < -0.3 is 22.1 Å².